The number of fused-ring (bicyclic) bond motifs is 1. The molecule has 0 aromatic carbocycles. The Labute approximate surface area is 117 Å². The average Bonchev–Trinajstić information content (AvgIpc) is 2.83. The molecule has 1 aliphatic heterocycles. The normalized spacial score (nSPS) is 15.3. The largest absolute Gasteiger partial charge is 0.346 e. The smallest absolute Gasteiger partial charge is 0.227 e. The Hall–Kier alpha value is -1.59. The van der Waals surface area contributed by atoms with Gasteiger partial charge in [-0.25, -0.2) is 4.98 Å². The van der Waals surface area contributed by atoms with Crippen LogP contribution in [-0.4, -0.2) is 47.0 Å². The second kappa shape index (κ2) is 6.04. The third-order valence-corrected chi connectivity index (χ3v) is 3.35. The number of piperazine rings is 1. The first-order valence-electron chi connectivity index (χ1n) is 6.24. The molecule has 2 aromatic heterocycles. The Kier molecular flexibility index (Phi) is 4.39. The number of nitrogens with one attached hydrogen (secondary N) is 2. The predicted molar refractivity (Wildman–Crippen MR) is 76.5 cm³/mol. The number of halogens is 1. The molecule has 0 aliphatic carbocycles. The summed E-state index contributed by atoms with van der Waals surface area (Å²) in [6.07, 6.45) is 4.09. The van der Waals surface area contributed by atoms with Crippen LogP contribution in [0.2, 0.25) is 0 Å². The Bertz CT molecular complexity index is 563. The van der Waals surface area contributed by atoms with Crippen LogP contribution in [0.3, 0.4) is 0 Å². The fraction of sp³-hybridized carbons (Fsp3) is 0.385. The Morgan fingerprint density at radius 1 is 1.37 bits per heavy atom. The van der Waals surface area contributed by atoms with Crippen LogP contribution in [0.5, 0.6) is 0 Å². The van der Waals surface area contributed by atoms with Gasteiger partial charge in [0, 0.05) is 44.0 Å². The van der Waals surface area contributed by atoms with Gasteiger partial charge in [0.2, 0.25) is 5.91 Å². The molecule has 1 aliphatic rings. The molecule has 3 rings (SSSR count). The van der Waals surface area contributed by atoms with E-state index in [9.17, 15) is 4.79 Å². The van der Waals surface area contributed by atoms with Crippen molar-refractivity contribution in [2.24, 2.45) is 0 Å². The van der Waals surface area contributed by atoms with Crippen molar-refractivity contribution < 1.29 is 4.79 Å². The highest BCUT2D eigenvalue weighted by atomic mass is 35.5. The van der Waals surface area contributed by atoms with E-state index in [4.69, 9.17) is 0 Å². The van der Waals surface area contributed by atoms with E-state index in [2.05, 4.69) is 15.3 Å². The van der Waals surface area contributed by atoms with Gasteiger partial charge in [-0.15, -0.1) is 12.4 Å². The van der Waals surface area contributed by atoms with Crippen LogP contribution in [0, 0.1) is 0 Å². The lowest BCUT2D eigenvalue weighted by Crippen LogP contribution is -2.46. The van der Waals surface area contributed by atoms with Gasteiger partial charge < -0.3 is 15.2 Å². The van der Waals surface area contributed by atoms with Crippen molar-refractivity contribution in [2.75, 3.05) is 26.2 Å². The Morgan fingerprint density at radius 2 is 2.16 bits per heavy atom. The second-order valence-electron chi connectivity index (χ2n) is 4.52. The molecule has 0 saturated carbocycles. The van der Waals surface area contributed by atoms with Gasteiger partial charge in [0.1, 0.15) is 5.65 Å². The minimum absolute atomic E-state index is 0. The van der Waals surface area contributed by atoms with Gasteiger partial charge in [0.05, 0.1) is 6.42 Å². The fourth-order valence-electron chi connectivity index (χ4n) is 2.35. The van der Waals surface area contributed by atoms with Gasteiger partial charge in [-0.3, -0.25) is 4.79 Å². The van der Waals surface area contributed by atoms with Crippen LogP contribution in [-0.2, 0) is 11.2 Å². The summed E-state index contributed by atoms with van der Waals surface area (Å²) in [5, 5.41) is 4.29. The SMILES string of the molecule is Cl.O=C(Cc1c[nH]c2ncccc12)N1CCNCC1. The van der Waals surface area contributed by atoms with E-state index in [1.54, 1.807) is 6.20 Å². The zero-order chi connectivity index (χ0) is 12.4. The number of carbonyl (C=O) groups excluding carboxylic acids is 1. The van der Waals surface area contributed by atoms with Gasteiger partial charge in [-0.05, 0) is 17.7 Å². The van der Waals surface area contributed by atoms with Crippen LogP contribution < -0.4 is 5.32 Å². The maximum Gasteiger partial charge on any atom is 0.227 e. The van der Waals surface area contributed by atoms with Crippen LogP contribution in [0.25, 0.3) is 11.0 Å². The van der Waals surface area contributed by atoms with Crippen LogP contribution in [0.1, 0.15) is 5.56 Å². The molecular formula is C13H17ClN4O. The van der Waals surface area contributed by atoms with E-state index in [1.807, 2.05) is 23.2 Å². The van der Waals surface area contributed by atoms with E-state index in [0.717, 1.165) is 42.8 Å². The van der Waals surface area contributed by atoms with Crippen molar-refractivity contribution in [3.63, 3.8) is 0 Å². The summed E-state index contributed by atoms with van der Waals surface area (Å²) < 4.78 is 0. The lowest BCUT2D eigenvalue weighted by atomic mass is 10.1. The molecule has 0 atom stereocenters. The highest BCUT2D eigenvalue weighted by Crippen LogP contribution is 2.16. The van der Waals surface area contributed by atoms with Gasteiger partial charge in [0.15, 0.2) is 0 Å². The van der Waals surface area contributed by atoms with E-state index in [-0.39, 0.29) is 18.3 Å². The van der Waals surface area contributed by atoms with Gasteiger partial charge in [-0.1, -0.05) is 0 Å². The molecule has 19 heavy (non-hydrogen) atoms. The summed E-state index contributed by atoms with van der Waals surface area (Å²) in [7, 11) is 0. The molecule has 0 radical (unpaired) electrons. The molecule has 0 spiro atoms. The molecule has 3 heterocycles. The molecule has 1 saturated heterocycles. The number of aromatic amines is 1. The van der Waals surface area contributed by atoms with Gasteiger partial charge in [0.25, 0.3) is 0 Å². The highest BCUT2D eigenvalue weighted by molar-refractivity contribution is 5.87. The van der Waals surface area contributed by atoms with E-state index in [1.165, 1.54) is 0 Å². The lowest BCUT2D eigenvalue weighted by molar-refractivity contribution is -0.131. The fourth-order valence-corrected chi connectivity index (χ4v) is 2.35. The summed E-state index contributed by atoms with van der Waals surface area (Å²) >= 11 is 0. The molecule has 6 heteroatoms. The Morgan fingerprint density at radius 3 is 2.95 bits per heavy atom. The Balaban J connectivity index is 0.00000133. The van der Waals surface area contributed by atoms with Crippen molar-refractivity contribution >= 4 is 29.3 Å². The monoisotopic (exact) mass is 280 g/mol. The number of amides is 1. The molecule has 102 valence electrons. The minimum Gasteiger partial charge on any atom is -0.346 e. The molecule has 1 amide bonds. The number of hydrogen-bond acceptors (Lipinski definition) is 3. The summed E-state index contributed by atoms with van der Waals surface area (Å²) in [4.78, 5) is 21.4. The van der Waals surface area contributed by atoms with Crippen molar-refractivity contribution in [3.05, 3.63) is 30.1 Å². The molecule has 2 N–H and O–H groups in total. The molecule has 1 fully saturated rings. The van der Waals surface area contributed by atoms with Crippen LogP contribution >= 0.6 is 12.4 Å². The van der Waals surface area contributed by atoms with Crippen LogP contribution in [0.4, 0.5) is 0 Å². The quantitative estimate of drug-likeness (QED) is 0.861. The molecule has 2 aromatic rings. The van der Waals surface area contributed by atoms with Gasteiger partial charge in [-0.2, -0.15) is 0 Å². The molecule has 0 bridgehead atoms. The minimum atomic E-state index is 0. The number of H-pyrrole nitrogens is 1. The van der Waals surface area contributed by atoms with E-state index < -0.39 is 0 Å². The number of carbonyl (C=O) groups is 1. The number of hydrogen-bond donors (Lipinski definition) is 2. The highest BCUT2D eigenvalue weighted by Gasteiger charge is 2.17. The first kappa shape index (κ1) is 13.8. The van der Waals surface area contributed by atoms with Gasteiger partial charge >= 0.3 is 0 Å². The summed E-state index contributed by atoms with van der Waals surface area (Å²) in [5.41, 5.74) is 1.88. The second-order valence-corrected chi connectivity index (χ2v) is 4.52. The maximum absolute atomic E-state index is 12.2. The third-order valence-electron chi connectivity index (χ3n) is 3.35. The van der Waals surface area contributed by atoms with Crippen molar-refractivity contribution in [1.29, 1.82) is 0 Å². The number of rotatable bonds is 2. The van der Waals surface area contributed by atoms with E-state index >= 15 is 0 Å². The van der Waals surface area contributed by atoms with Crippen LogP contribution in [0.15, 0.2) is 24.5 Å². The zero-order valence-electron chi connectivity index (χ0n) is 10.6. The summed E-state index contributed by atoms with van der Waals surface area (Å²) in [6.45, 7) is 3.39. The number of pyridine rings is 1. The molecular weight excluding hydrogens is 264 g/mol. The number of nitrogens with zero attached hydrogens (tertiary/aromatic N) is 2. The molecule has 0 unspecified atom stereocenters. The summed E-state index contributed by atoms with van der Waals surface area (Å²) in [6, 6.07) is 3.90. The lowest BCUT2D eigenvalue weighted by Gasteiger charge is -2.27. The standard InChI is InChI=1S/C13H16N4O.ClH/c18-12(17-6-4-14-5-7-17)8-10-9-16-13-11(10)2-1-3-15-13;/h1-3,9,14H,4-8H2,(H,15,16);1H. The first-order valence-corrected chi connectivity index (χ1v) is 6.24. The molecule has 5 nitrogen and oxygen atoms in total. The van der Waals surface area contributed by atoms with Crippen molar-refractivity contribution in [2.45, 2.75) is 6.42 Å². The first-order chi connectivity index (χ1) is 8.84. The predicted octanol–water partition coefficient (Wildman–Crippen LogP) is 0.959. The van der Waals surface area contributed by atoms with E-state index in [0.29, 0.717) is 6.42 Å². The maximum atomic E-state index is 12.2. The zero-order valence-corrected chi connectivity index (χ0v) is 11.4. The number of aromatic nitrogens is 2. The van der Waals surface area contributed by atoms with Crippen molar-refractivity contribution in [1.82, 2.24) is 20.2 Å². The third kappa shape index (κ3) is 2.88. The summed E-state index contributed by atoms with van der Waals surface area (Å²) in [5.74, 6) is 0.196. The average molecular weight is 281 g/mol. The van der Waals surface area contributed by atoms with Crippen molar-refractivity contribution in [3.8, 4) is 0 Å². The topological polar surface area (TPSA) is 61.0 Å².